The normalized spacial score (nSPS) is 16.3. The van der Waals surface area contributed by atoms with Crippen LogP contribution in [0.4, 0.5) is 11.5 Å². The lowest BCUT2D eigenvalue weighted by Crippen LogP contribution is -2.41. The zero-order valence-electron chi connectivity index (χ0n) is 16.2. The molecular weight excluding hydrogens is 364 g/mol. The second-order valence-corrected chi connectivity index (χ2v) is 7.15. The van der Waals surface area contributed by atoms with Crippen molar-refractivity contribution >= 4 is 17.4 Å². The lowest BCUT2D eigenvalue weighted by atomic mass is 9.96. The minimum Gasteiger partial charge on any atom is -0.355 e. The zero-order valence-corrected chi connectivity index (χ0v) is 16.2. The number of rotatable bonds is 4. The van der Waals surface area contributed by atoms with Gasteiger partial charge in [-0.2, -0.15) is 5.26 Å². The molecule has 29 heavy (non-hydrogen) atoms. The molecule has 4 rings (SSSR count). The Hall–Kier alpha value is -3.66. The second-order valence-electron chi connectivity index (χ2n) is 7.15. The number of aryl methyl sites for hydroxylation is 1. The number of anilines is 2. The summed E-state index contributed by atoms with van der Waals surface area (Å²) in [5.74, 6) is 1.42. The van der Waals surface area contributed by atoms with Crippen molar-refractivity contribution in [2.75, 3.05) is 23.3 Å². The third-order valence-electron chi connectivity index (χ3n) is 5.24. The Morgan fingerprint density at radius 1 is 1.21 bits per heavy atom. The van der Waals surface area contributed by atoms with Gasteiger partial charge in [-0.15, -0.1) is 0 Å². The van der Waals surface area contributed by atoms with Crippen LogP contribution < -0.4 is 10.2 Å². The van der Waals surface area contributed by atoms with Crippen LogP contribution in [0.2, 0.25) is 0 Å². The Labute approximate surface area is 169 Å². The average Bonchev–Trinajstić information content (AvgIpc) is 3.20. The molecule has 0 saturated carbocycles. The van der Waals surface area contributed by atoms with Gasteiger partial charge in [0.1, 0.15) is 17.7 Å². The highest BCUT2D eigenvalue weighted by atomic mass is 16.1. The van der Waals surface area contributed by atoms with Gasteiger partial charge in [0.25, 0.3) is 0 Å². The van der Waals surface area contributed by atoms with Gasteiger partial charge in [0.2, 0.25) is 5.91 Å². The highest BCUT2D eigenvalue weighted by molar-refractivity contribution is 5.93. The second kappa shape index (κ2) is 8.15. The van der Waals surface area contributed by atoms with Crippen molar-refractivity contribution < 1.29 is 4.79 Å². The van der Waals surface area contributed by atoms with Gasteiger partial charge in [0.05, 0.1) is 11.5 Å². The molecule has 7 nitrogen and oxygen atoms in total. The summed E-state index contributed by atoms with van der Waals surface area (Å²) in [7, 11) is 0. The maximum absolute atomic E-state index is 12.8. The molecule has 0 aliphatic carbocycles. The summed E-state index contributed by atoms with van der Waals surface area (Å²) in [6.07, 6.45) is 7.07. The molecule has 0 spiro atoms. The summed E-state index contributed by atoms with van der Waals surface area (Å²) in [5.41, 5.74) is 2.31. The predicted octanol–water partition coefficient (Wildman–Crippen LogP) is 3.30. The number of hydrogen-bond donors (Lipinski definition) is 1. The van der Waals surface area contributed by atoms with Crippen LogP contribution in [0, 0.1) is 24.2 Å². The fourth-order valence-electron chi connectivity index (χ4n) is 3.72. The van der Waals surface area contributed by atoms with E-state index >= 15 is 0 Å². The number of carbonyl (C=O) groups excluding carboxylic acids is 1. The molecule has 0 bridgehead atoms. The lowest BCUT2D eigenvalue weighted by molar-refractivity contribution is -0.120. The van der Waals surface area contributed by atoms with E-state index in [0.29, 0.717) is 17.9 Å². The molecule has 1 aliphatic heterocycles. The Morgan fingerprint density at radius 2 is 2.03 bits per heavy atom. The SMILES string of the molecule is Cc1nccn1-c1ccc(NC(=O)C2CCCN(c3ncccc3C#N)C2)cc1. The molecule has 1 atom stereocenters. The summed E-state index contributed by atoms with van der Waals surface area (Å²) in [6, 6.07) is 13.4. The molecule has 3 aromatic rings. The fourth-order valence-corrected chi connectivity index (χ4v) is 3.72. The Bertz CT molecular complexity index is 1050. The van der Waals surface area contributed by atoms with Gasteiger partial charge < -0.3 is 14.8 Å². The molecule has 1 amide bonds. The van der Waals surface area contributed by atoms with Crippen molar-refractivity contribution in [2.24, 2.45) is 5.92 Å². The summed E-state index contributed by atoms with van der Waals surface area (Å²) >= 11 is 0. The van der Waals surface area contributed by atoms with Crippen molar-refractivity contribution in [3.63, 3.8) is 0 Å². The van der Waals surface area contributed by atoms with E-state index in [1.165, 1.54) is 0 Å². The Balaban J connectivity index is 1.43. The van der Waals surface area contributed by atoms with E-state index in [9.17, 15) is 10.1 Å². The van der Waals surface area contributed by atoms with Crippen LogP contribution in [0.15, 0.2) is 55.0 Å². The number of nitriles is 1. The third kappa shape index (κ3) is 3.97. The van der Waals surface area contributed by atoms with E-state index in [0.717, 1.165) is 36.6 Å². The van der Waals surface area contributed by atoms with Gasteiger partial charge >= 0.3 is 0 Å². The number of piperidine rings is 1. The van der Waals surface area contributed by atoms with Crippen LogP contribution in [0.5, 0.6) is 0 Å². The van der Waals surface area contributed by atoms with E-state index in [1.807, 2.05) is 46.9 Å². The molecule has 0 radical (unpaired) electrons. The molecule has 1 fully saturated rings. The number of pyridine rings is 1. The largest absolute Gasteiger partial charge is 0.355 e. The summed E-state index contributed by atoms with van der Waals surface area (Å²) < 4.78 is 1.99. The molecule has 7 heteroatoms. The first kappa shape index (κ1) is 18.7. The molecule has 1 aliphatic rings. The highest BCUT2D eigenvalue weighted by Crippen LogP contribution is 2.25. The monoisotopic (exact) mass is 386 g/mol. The van der Waals surface area contributed by atoms with Gasteiger partial charge in [-0.05, 0) is 56.2 Å². The quantitative estimate of drug-likeness (QED) is 0.743. The summed E-state index contributed by atoms with van der Waals surface area (Å²) in [5, 5.41) is 12.3. The maximum atomic E-state index is 12.8. The van der Waals surface area contributed by atoms with Gasteiger partial charge in [-0.3, -0.25) is 4.79 Å². The number of imidazole rings is 1. The Kier molecular flexibility index (Phi) is 5.25. The van der Waals surface area contributed by atoms with Gasteiger partial charge in [0, 0.05) is 43.1 Å². The van der Waals surface area contributed by atoms with Crippen LogP contribution in [-0.4, -0.2) is 33.5 Å². The van der Waals surface area contributed by atoms with E-state index in [-0.39, 0.29) is 11.8 Å². The van der Waals surface area contributed by atoms with E-state index < -0.39 is 0 Å². The first-order valence-corrected chi connectivity index (χ1v) is 9.67. The van der Waals surface area contributed by atoms with Crippen molar-refractivity contribution in [1.29, 1.82) is 5.26 Å². The highest BCUT2D eigenvalue weighted by Gasteiger charge is 2.27. The standard InChI is InChI=1S/C22H22N6O/c1-16-24-11-13-28(16)20-8-6-19(7-9-20)26-22(29)18-5-3-12-27(15-18)21-17(14-23)4-2-10-25-21/h2,4,6-11,13,18H,3,5,12,15H2,1H3,(H,26,29). The van der Waals surface area contributed by atoms with Crippen LogP contribution in [0.1, 0.15) is 24.2 Å². The number of nitrogens with one attached hydrogen (secondary N) is 1. The van der Waals surface area contributed by atoms with Crippen molar-refractivity contribution in [3.05, 3.63) is 66.4 Å². The maximum Gasteiger partial charge on any atom is 0.229 e. The number of benzene rings is 1. The number of nitrogens with zero attached hydrogens (tertiary/aromatic N) is 5. The third-order valence-corrected chi connectivity index (χ3v) is 5.24. The number of amides is 1. The molecule has 146 valence electrons. The number of hydrogen-bond acceptors (Lipinski definition) is 5. The van der Waals surface area contributed by atoms with Gasteiger partial charge in [0.15, 0.2) is 0 Å². The van der Waals surface area contributed by atoms with Crippen molar-refractivity contribution in [1.82, 2.24) is 14.5 Å². The predicted molar refractivity (Wildman–Crippen MR) is 111 cm³/mol. The van der Waals surface area contributed by atoms with Gasteiger partial charge in [-0.25, -0.2) is 9.97 Å². The van der Waals surface area contributed by atoms with Gasteiger partial charge in [-0.1, -0.05) is 0 Å². The van der Waals surface area contributed by atoms with Crippen LogP contribution in [-0.2, 0) is 4.79 Å². The summed E-state index contributed by atoms with van der Waals surface area (Å²) in [6.45, 7) is 3.31. The van der Waals surface area contributed by atoms with Crippen LogP contribution in [0.3, 0.4) is 0 Å². The first-order chi connectivity index (χ1) is 14.2. The zero-order chi connectivity index (χ0) is 20.2. The minimum absolute atomic E-state index is 0.00398. The van der Waals surface area contributed by atoms with Crippen molar-refractivity contribution in [2.45, 2.75) is 19.8 Å². The van der Waals surface area contributed by atoms with Crippen LogP contribution >= 0.6 is 0 Å². The lowest BCUT2D eigenvalue weighted by Gasteiger charge is -2.33. The first-order valence-electron chi connectivity index (χ1n) is 9.67. The summed E-state index contributed by atoms with van der Waals surface area (Å²) in [4.78, 5) is 23.5. The van der Waals surface area contributed by atoms with E-state index in [4.69, 9.17) is 0 Å². The van der Waals surface area contributed by atoms with E-state index in [2.05, 4.69) is 21.4 Å². The fraction of sp³-hybridized carbons (Fsp3) is 0.273. The number of carbonyl (C=O) groups is 1. The minimum atomic E-state index is -0.145. The molecule has 1 saturated heterocycles. The van der Waals surface area contributed by atoms with Crippen molar-refractivity contribution in [3.8, 4) is 11.8 Å². The molecular formula is C22H22N6O. The van der Waals surface area contributed by atoms with Crippen LogP contribution in [0.25, 0.3) is 5.69 Å². The molecule has 3 heterocycles. The average molecular weight is 386 g/mol. The molecule has 1 N–H and O–H groups in total. The van der Waals surface area contributed by atoms with E-state index in [1.54, 1.807) is 24.5 Å². The number of aromatic nitrogens is 3. The topological polar surface area (TPSA) is 86.8 Å². The Morgan fingerprint density at radius 3 is 2.76 bits per heavy atom. The molecule has 1 unspecified atom stereocenters. The molecule has 2 aromatic heterocycles. The smallest absolute Gasteiger partial charge is 0.229 e. The molecule has 1 aromatic carbocycles.